The van der Waals surface area contributed by atoms with Gasteiger partial charge in [0.05, 0.1) is 18.1 Å². The van der Waals surface area contributed by atoms with Gasteiger partial charge in [0, 0.05) is 6.54 Å². The minimum atomic E-state index is -0.361. The highest BCUT2D eigenvalue weighted by Gasteiger charge is 2.22. The first kappa shape index (κ1) is 18.9. The summed E-state index contributed by atoms with van der Waals surface area (Å²) in [5, 5.41) is 0. The maximum Gasteiger partial charge on any atom is 0.337 e. The minimum absolute atomic E-state index is 0.0943. The maximum absolute atomic E-state index is 13.4. The van der Waals surface area contributed by atoms with Gasteiger partial charge < -0.3 is 4.57 Å². The largest absolute Gasteiger partial charge is 0.337 e. The van der Waals surface area contributed by atoms with Gasteiger partial charge in [-0.2, -0.15) is 0 Å². The van der Waals surface area contributed by atoms with Crippen molar-refractivity contribution in [3.63, 3.8) is 0 Å². The van der Waals surface area contributed by atoms with E-state index in [0.717, 1.165) is 5.56 Å². The molecule has 0 aliphatic rings. The predicted molar refractivity (Wildman–Crippen MR) is 115 cm³/mol. The van der Waals surface area contributed by atoms with E-state index in [0.29, 0.717) is 23.4 Å². The molecule has 1 atom stereocenters. The van der Waals surface area contributed by atoms with Gasteiger partial charge >= 0.3 is 5.69 Å². The van der Waals surface area contributed by atoms with Gasteiger partial charge in [-0.15, -0.1) is 0 Å². The number of imidazole rings is 1. The number of hydrogen-bond acceptors (Lipinski definition) is 3. The molecule has 2 heterocycles. The summed E-state index contributed by atoms with van der Waals surface area (Å²) in [4.78, 5) is 31.1. The molecule has 0 N–H and O–H groups in total. The molecule has 0 saturated heterocycles. The zero-order valence-electron chi connectivity index (χ0n) is 16.8. The molecule has 0 spiro atoms. The second kappa shape index (κ2) is 7.54. The van der Waals surface area contributed by atoms with Crippen molar-refractivity contribution < 1.29 is 0 Å². The molecular weight excluding hydrogens is 364 g/mol. The first-order valence-corrected chi connectivity index (χ1v) is 9.81. The van der Waals surface area contributed by atoms with Crippen LogP contribution in [0.3, 0.4) is 0 Å². The molecule has 0 amide bonds. The zero-order valence-corrected chi connectivity index (χ0v) is 16.8. The Morgan fingerprint density at radius 1 is 0.897 bits per heavy atom. The molecule has 0 aliphatic carbocycles. The van der Waals surface area contributed by atoms with Gasteiger partial charge in [0.25, 0.3) is 5.56 Å². The Morgan fingerprint density at radius 2 is 1.52 bits per heavy atom. The van der Waals surface area contributed by atoms with Crippen molar-refractivity contribution in [3.05, 3.63) is 93.4 Å². The summed E-state index contributed by atoms with van der Waals surface area (Å²) in [7, 11) is 0. The number of rotatable bonds is 5. The highest BCUT2D eigenvalue weighted by Crippen LogP contribution is 2.22. The van der Waals surface area contributed by atoms with Gasteiger partial charge in [-0.1, -0.05) is 62.4 Å². The summed E-state index contributed by atoms with van der Waals surface area (Å²) >= 11 is 0. The van der Waals surface area contributed by atoms with Crippen molar-refractivity contribution in [3.8, 4) is 5.69 Å². The summed E-state index contributed by atoms with van der Waals surface area (Å²) in [5.41, 5.74) is 1.92. The molecule has 29 heavy (non-hydrogen) atoms. The number of para-hydroxylation sites is 1. The van der Waals surface area contributed by atoms with Crippen LogP contribution < -0.4 is 11.2 Å². The van der Waals surface area contributed by atoms with E-state index < -0.39 is 0 Å². The third kappa shape index (κ3) is 3.31. The summed E-state index contributed by atoms with van der Waals surface area (Å²) in [6.07, 6.45) is 1.66. The van der Waals surface area contributed by atoms with Crippen molar-refractivity contribution in [1.82, 2.24) is 18.7 Å². The van der Waals surface area contributed by atoms with E-state index in [9.17, 15) is 9.59 Å². The third-order valence-electron chi connectivity index (χ3n) is 5.12. The van der Waals surface area contributed by atoms with E-state index >= 15 is 0 Å². The van der Waals surface area contributed by atoms with Crippen molar-refractivity contribution >= 4 is 11.2 Å². The van der Waals surface area contributed by atoms with Gasteiger partial charge in [0.1, 0.15) is 0 Å². The van der Waals surface area contributed by atoms with Crippen LogP contribution in [0.25, 0.3) is 16.9 Å². The van der Waals surface area contributed by atoms with E-state index in [-0.39, 0.29) is 23.2 Å². The van der Waals surface area contributed by atoms with Crippen LogP contribution in [-0.2, 0) is 6.54 Å². The molecule has 4 rings (SSSR count). The average molecular weight is 388 g/mol. The molecule has 6 heteroatoms. The number of benzene rings is 2. The summed E-state index contributed by atoms with van der Waals surface area (Å²) < 4.78 is 4.73. The maximum atomic E-state index is 13.4. The van der Waals surface area contributed by atoms with Gasteiger partial charge in [0.2, 0.25) is 0 Å². The van der Waals surface area contributed by atoms with Crippen molar-refractivity contribution in [1.29, 1.82) is 0 Å². The van der Waals surface area contributed by atoms with E-state index in [1.165, 1.54) is 9.13 Å². The van der Waals surface area contributed by atoms with E-state index in [1.54, 1.807) is 6.33 Å². The molecule has 1 unspecified atom stereocenters. The predicted octanol–water partition coefficient (Wildman–Crippen LogP) is 3.61. The van der Waals surface area contributed by atoms with Crippen LogP contribution in [0.1, 0.15) is 32.4 Å². The molecule has 2 aromatic heterocycles. The molecule has 6 nitrogen and oxygen atoms in total. The fourth-order valence-electron chi connectivity index (χ4n) is 3.67. The Bertz CT molecular complexity index is 1250. The monoisotopic (exact) mass is 388 g/mol. The van der Waals surface area contributed by atoms with Crippen LogP contribution in [0, 0.1) is 5.92 Å². The average Bonchev–Trinajstić information content (AvgIpc) is 3.17. The number of fused-ring (bicyclic) bond motifs is 1. The summed E-state index contributed by atoms with van der Waals surface area (Å²) in [5.74, 6) is 0.157. The lowest BCUT2D eigenvalue weighted by Crippen LogP contribution is -2.41. The molecule has 0 saturated carbocycles. The summed E-state index contributed by atoms with van der Waals surface area (Å²) in [6.45, 7) is 6.37. The number of hydrogen-bond donors (Lipinski definition) is 0. The molecule has 4 aromatic rings. The first-order valence-electron chi connectivity index (χ1n) is 9.81. The van der Waals surface area contributed by atoms with Crippen LogP contribution in [0.4, 0.5) is 0 Å². The Labute approximate surface area is 168 Å². The van der Waals surface area contributed by atoms with Crippen molar-refractivity contribution in [2.45, 2.75) is 33.4 Å². The van der Waals surface area contributed by atoms with Crippen LogP contribution in [0.5, 0.6) is 0 Å². The number of nitrogens with zero attached hydrogens (tertiary/aromatic N) is 4. The standard InChI is InChI=1S/C23H24N4O2/c1-16(2)14-25-22(28)20-21(27(23(25)29)19-12-8-5-9-13-19)24-15-26(20)17(3)18-10-6-4-7-11-18/h4-13,15-17H,14H2,1-3H3. The van der Waals surface area contributed by atoms with Crippen LogP contribution in [0.15, 0.2) is 76.6 Å². The van der Waals surface area contributed by atoms with Crippen LogP contribution in [0.2, 0.25) is 0 Å². The van der Waals surface area contributed by atoms with E-state index in [4.69, 9.17) is 0 Å². The van der Waals surface area contributed by atoms with Gasteiger partial charge in [-0.05, 0) is 30.5 Å². The lowest BCUT2D eigenvalue weighted by molar-refractivity contribution is 0.488. The quantitative estimate of drug-likeness (QED) is 0.525. The van der Waals surface area contributed by atoms with Crippen molar-refractivity contribution in [2.75, 3.05) is 0 Å². The van der Waals surface area contributed by atoms with Crippen LogP contribution >= 0.6 is 0 Å². The summed E-state index contributed by atoms with van der Waals surface area (Å²) in [6, 6.07) is 19.2. The third-order valence-corrected chi connectivity index (χ3v) is 5.12. The molecule has 0 fully saturated rings. The molecule has 148 valence electrons. The normalized spacial score (nSPS) is 12.6. The zero-order chi connectivity index (χ0) is 20.5. The number of aromatic nitrogens is 4. The van der Waals surface area contributed by atoms with E-state index in [1.807, 2.05) is 86.0 Å². The second-order valence-electron chi connectivity index (χ2n) is 7.67. The Hall–Kier alpha value is -3.41. The minimum Gasteiger partial charge on any atom is -0.317 e. The highest BCUT2D eigenvalue weighted by atomic mass is 16.2. The molecule has 2 aromatic carbocycles. The lowest BCUT2D eigenvalue weighted by atomic mass is 10.1. The lowest BCUT2D eigenvalue weighted by Gasteiger charge is -2.17. The molecule has 0 radical (unpaired) electrons. The second-order valence-corrected chi connectivity index (χ2v) is 7.67. The molecule has 0 bridgehead atoms. The van der Waals surface area contributed by atoms with Crippen molar-refractivity contribution in [2.24, 2.45) is 5.92 Å². The molecule has 0 aliphatic heterocycles. The molecular formula is C23H24N4O2. The topological polar surface area (TPSA) is 61.8 Å². The van der Waals surface area contributed by atoms with Crippen LogP contribution in [-0.4, -0.2) is 18.7 Å². The Morgan fingerprint density at radius 3 is 2.14 bits per heavy atom. The fourth-order valence-corrected chi connectivity index (χ4v) is 3.67. The first-order chi connectivity index (χ1) is 14.0. The van der Waals surface area contributed by atoms with Gasteiger partial charge in [-0.3, -0.25) is 9.36 Å². The smallest absolute Gasteiger partial charge is 0.317 e. The Kier molecular flexibility index (Phi) is 4.92. The highest BCUT2D eigenvalue weighted by molar-refractivity contribution is 5.72. The van der Waals surface area contributed by atoms with E-state index in [2.05, 4.69) is 4.98 Å². The van der Waals surface area contributed by atoms with Gasteiger partial charge in [0.15, 0.2) is 11.2 Å². The Balaban J connectivity index is 2.05. The SMILES string of the molecule is CC(C)Cn1c(=O)c2c(ncn2C(C)c2ccccc2)n(-c2ccccc2)c1=O. The fraction of sp³-hybridized carbons (Fsp3) is 0.261. The van der Waals surface area contributed by atoms with Gasteiger partial charge in [-0.25, -0.2) is 14.3 Å².